The molecule has 1 N–H and O–H groups in total. The number of rotatable bonds is 3. The molecule has 0 aromatic heterocycles. The van der Waals surface area contributed by atoms with Crippen LogP contribution in [0.3, 0.4) is 0 Å². The molecule has 2 nitrogen and oxygen atoms in total. The number of hydrogen-bond acceptors (Lipinski definition) is 1. The minimum absolute atomic E-state index is 0.487. The first-order chi connectivity index (χ1) is 8.70. The Bertz CT molecular complexity index is 462. The molecule has 1 fully saturated rings. The van der Waals surface area contributed by atoms with Gasteiger partial charge in [0.25, 0.3) is 0 Å². The second kappa shape index (κ2) is 4.42. The van der Waals surface area contributed by atoms with Gasteiger partial charge in [-0.2, -0.15) is 0 Å². The van der Waals surface area contributed by atoms with Gasteiger partial charge in [-0.15, -0.1) is 0 Å². The maximum Gasteiger partial charge on any atom is 0.309 e. The first-order valence-corrected chi connectivity index (χ1v) is 7.00. The van der Waals surface area contributed by atoms with E-state index >= 15 is 0 Å². The highest BCUT2D eigenvalue weighted by atomic mass is 16.4. The summed E-state index contributed by atoms with van der Waals surface area (Å²) in [6.45, 7) is 0. The lowest BCUT2D eigenvalue weighted by molar-refractivity contribution is -0.151. The molecule has 1 unspecified atom stereocenters. The normalized spacial score (nSPS) is 27.3. The lowest BCUT2D eigenvalue weighted by atomic mass is 9.64. The zero-order chi connectivity index (χ0) is 12.6. The van der Waals surface area contributed by atoms with Crippen LogP contribution in [0.2, 0.25) is 0 Å². The molecule has 1 atom stereocenters. The van der Waals surface area contributed by atoms with E-state index in [0.29, 0.717) is 5.92 Å². The van der Waals surface area contributed by atoms with Gasteiger partial charge >= 0.3 is 5.97 Å². The number of aliphatic carboxylic acids is 1. The van der Waals surface area contributed by atoms with E-state index in [0.717, 1.165) is 25.7 Å². The Morgan fingerprint density at radius 1 is 1.28 bits per heavy atom. The van der Waals surface area contributed by atoms with E-state index in [2.05, 4.69) is 18.2 Å². The second-order valence-corrected chi connectivity index (χ2v) is 6.03. The van der Waals surface area contributed by atoms with Crippen LogP contribution in [0.15, 0.2) is 24.3 Å². The molecule has 2 aliphatic rings. The Labute approximate surface area is 108 Å². The minimum Gasteiger partial charge on any atom is -0.481 e. The van der Waals surface area contributed by atoms with Crippen molar-refractivity contribution in [2.75, 3.05) is 0 Å². The van der Waals surface area contributed by atoms with Crippen LogP contribution in [-0.4, -0.2) is 11.1 Å². The van der Waals surface area contributed by atoms with Gasteiger partial charge in [0.2, 0.25) is 0 Å². The molecule has 0 bridgehead atoms. The largest absolute Gasteiger partial charge is 0.481 e. The molecule has 2 aliphatic carbocycles. The summed E-state index contributed by atoms with van der Waals surface area (Å²) in [6, 6.07) is 8.33. The zero-order valence-electron chi connectivity index (χ0n) is 10.7. The third-order valence-corrected chi connectivity index (χ3v) is 4.88. The van der Waals surface area contributed by atoms with E-state index in [-0.39, 0.29) is 0 Å². The minimum atomic E-state index is -0.580. The topological polar surface area (TPSA) is 37.3 Å². The molecule has 1 aromatic rings. The average molecular weight is 244 g/mol. The molecular weight excluding hydrogens is 224 g/mol. The monoisotopic (exact) mass is 244 g/mol. The Kier molecular flexibility index (Phi) is 2.89. The van der Waals surface area contributed by atoms with E-state index in [1.807, 2.05) is 6.07 Å². The average Bonchev–Trinajstić information content (AvgIpc) is 2.33. The van der Waals surface area contributed by atoms with Crippen LogP contribution in [0.5, 0.6) is 0 Å². The van der Waals surface area contributed by atoms with Crippen molar-refractivity contribution in [3.63, 3.8) is 0 Å². The number of benzene rings is 1. The summed E-state index contributed by atoms with van der Waals surface area (Å²) in [4.78, 5) is 11.8. The van der Waals surface area contributed by atoms with Gasteiger partial charge in [-0.25, -0.2) is 0 Å². The summed E-state index contributed by atoms with van der Waals surface area (Å²) in [5.41, 5.74) is 2.12. The van der Waals surface area contributed by atoms with Crippen molar-refractivity contribution < 1.29 is 9.90 Å². The molecule has 1 aromatic carbocycles. The van der Waals surface area contributed by atoms with Gasteiger partial charge in [0, 0.05) is 0 Å². The third kappa shape index (κ3) is 1.94. The van der Waals surface area contributed by atoms with Gasteiger partial charge in [0.1, 0.15) is 0 Å². The summed E-state index contributed by atoms with van der Waals surface area (Å²) < 4.78 is 0. The van der Waals surface area contributed by atoms with Gasteiger partial charge in [-0.05, 0) is 42.7 Å². The van der Waals surface area contributed by atoms with E-state index in [4.69, 9.17) is 0 Å². The maximum atomic E-state index is 11.8. The van der Waals surface area contributed by atoms with Crippen LogP contribution >= 0.6 is 0 Å². The number of carboxylic acids is 1. The Balaban J connectivity index is 1.86. The summed E-state index contributed by atoms with van der Waals surface area (Å²) in [5.74, 6) is 0.0789. The predicted octanol–water partition coefficient (Wildman–Crippen LogP) is 3.44. The van der Waals surface area contributed by atoms with Crippen molar-refractivity contribution in [3.05, 3.63) is 35.4 Å². The molecule has 96 valence electrons. The van der Waals surface area contributed by atoms with Crippen molar-refractivity contribution in [1.29, 1.82) is 0 Å². The van der Waals surface area contributed by atoms with Crippen LogP contribution in [0.4, 0.5) is 0 Å². The number of fused-ring (bicyclic) bond motifs is 1. The van der Waals surface area contributed by atoms with E-state index < -0.39 is 11.4 Å². The van der Waals surface area contributed by atoms with Gasteiger partial charge in [-0.3, -0.25) is 4.79 Å². The number of hydrogen-bond donors (Lipinski definition) is 1. The number of carboxylic acid groups (broad SMARTS) is 1. The smallest absolute Gasteiger partial charge is 0.309 e. The molecule has 0 saturated heterocycles. The molecule has 0 radical (unpaired) electrons. The van der Waals surface area contributed by atoms with Gasteiger partial charge in [-0.1, -0.05) is 43.5 Å². The van der Waals surface area contributed by atoms with Crippen LogP contribution in [0.25, 0.3) is 0 Å². The fourth-order valence-electron chi connectivity index (χ4n) is 3.49. The van der Waals surface area contributed by atoms with Crippen molar-refractivity contribution in [2.24, 2.45) is 11.3 Å². The first kappa shape index (κ1) is 11.8. The summed E-state index contributed by atoms with van der Waals surface area (Å²) in [6.07, 6.45) is 7.11. The quantitative estimate of drug-likeness (QED) is 0.884. The molecule has 3 rings (SSSR count). The molecule has 0 spiro atoms. The van der Waals surface area contributed by atoms with E-state index in [1.54, 1.807) is 0 Å². The van der Waals surface area contributed by atoms with Gasteiger partial charge < -0.3 is 5.11 Å². The lowest BCUT2D eigenvalue weighted by Crippen LogP contribution is -2.39. The molecule has 1 saturated carbocycles. The molecule has 18 heavy (non-hydrogen) atoms. The van der Waals surface area contributed by atoms with Crippen LogP contribution in [0, 0.1) is 11.3 Å². The van der Waals surface area contributed by atoms with Crippen molar-refractivity contribution >= 4 is 5.97 Å². The second-order valence-electron chi connectivity index (χ2n) is 6.03. The van der Waals surface area contributed by atoms with E-state index in [9.17, 15) is 9.90 Å². The standard InChI is InChI=1S/C16H20O2/c17-15(18)16(10-12-4-3-5-12)9-8-13-6-1-2-7-14(13)11-16/h1-2,6-7,12H,3-5,8-11H2,(H,17,18). The Morgan fingerprint density at radius 3 is 2.61 bits per heavy atom. The Hall–Kier alpha value is -1.31. The highest BCUT2D eigenvalue weighted by Gasteiger charge is 2.43. The van der Waals surface area contributed by atoms with Gasteiger partial charge in [0.15, 0.2) is 0 Å². The molecular formula is C16H20O2. The molecule has 0 aliphatic heterocycles. The summed E-state index contributed by atoms with van der Waals surface area (Å²) in [5, 5.41) is 9.68. The van der Waals surface area contributed by atoms with Crippen LogP contribution < -0.4 is 0 Å². The fourth-order valence-corrected chi connectivity index (χ4v) is 3.49. The van der Waals surface area contributed by atoms with Crippen LogP contribution in [-0.2, 0) is 17.6 Å². The Morgan fingerprint density at radius 2 is 2.00 bits per heavy atom. The number of aryl methyl sites for hydroxylation is 1. The van der Waals surface area contributed by atoms with Crippen molar-refractivity contribution in [1.82, 2.24) is 0 Å². The predicted molar refractivity (Wildman–Crippen MR) is 70.5 cm³/mol. The summed E-state index contributed by atoms with van der Waals surface area (Å²) >= 11 is 0. The molecule has 0 amide bonds. The third-order valence-electron chi connectivity index (χ3n) is 4.88. The molecule has 2 heteroatoms. The highest BCUT2D eigenvalue weighted by Crippen LogP contribution is 2.45. The summed E-state index contributed by atoms with van der Waals surface area (Å²) in [7, 11) is 0. The molecule has 0 heterocycles. The fraction of sp³-hybridized carbons (Fsp3) is 0.562. The SMILES string of the molecule is O=C(O)C1(CC2CCC2)CCc2ccccc2C1. The highest BCUT2D eigenvalue weighted by molar-refractivity contribution is 5.75. The van der Waals surface area contributed by atoms with Crippen molar-refractivity contribution in [2.45, 2.75) is 44.9 Å². The first-order valence-electron chi connectivity index (χ1n) is 7.00. The van der Waals surface area contributed by atoms with Gasteiger partial charge in [0.05, 0.1) is 5.41 Å². The maximum absolute atomic E-state index is 11.8. The lowest BCUT2D eigenvalue weighted by Gasteiger charge is -2.39. The van der Waals surface area contributed by atoms with Crippen LogP contribution in [0.1, 0.15) is 43.2 Å². The van der Waals surface area contributed by atoms with E-state index in [1.165, 1.54) is 30.4 Å². The number of carbonyl (C=O) groups is 1. The van der Waals surface area contributed by atoms with Crippen molar-refractivity contribution in [3.8, 4) is 0 Å². The zero-order valence-corrected chi connectivity index (χ0v) is 10.7.